The summed E-state index contributed by atoms with van der Waals surface area (Å²) in [6.07, 6.45) is 4.14. The highest BCUT2D eigenvalue weighted by Crippen LogP contribution is 2.51. The standard InChI is InChI=1S/C14H16N4O2S/c15-6-9-12(20)18-13(21-8-11(17)19)10(7-16)14(9)4-2-1-3-5-14/h9H,1-5,8H2,(H2,17,19)(H,18,20). The van der Waals surface area contributed by atoms with Crippen LogP contribution in [0.2, 0.25) is 0 Å². The van der Waals surface area contributed by atoms with Gasteiger partial charge in [0.2, 0.25) is 11.8 Å². The SMILES string of the molecule is N#CC1=C(SCC(N)=O)NC(=O)C(C#N)C12CCCCC2. The van der Waals surface area contributed by atoms with Crippen LogP contribution in [0.1, 0.15) is 32.1 Å². The summed E-state index contributed by atoms with van der Waals surface area (Å²) in [6.45, 7) is 0. The van der Waals surface area contributed by atoms with Crippen LogP contribution in [-0.2, 0) is 9.59 Å². The lowest BCUT2D eigenvalue weighted by atomic mass is 9.61. The lowest BCUT2D eigenvalue weighted by Crippen LogP contribution is -2.48. The summed E-state index contributed by atoms with van der Waals surface area (Å²) in [5.41, 5.74) is 4.85. The van der Waals surface area contributed by atoms with Gasteiger partial charge in [0.1, 0.15) is 5.92 Å². The van der Waals surface area contributed by atoms with Crippen LogP contribution in [0.25, 0.3) is 0 Å². The molecule has 0 aromatic rings. The summed E-state index contributed by atoms with van der Waals surface area (Å²) < 4.78 is 0. The number of carbonyl (C=O) groups is 2. The Balaban J connectivity index is 2.47. The fourth-order valence-corrected chi connectivity index (χ4v) is 4.04. The molecule has 0 aromatic carbocycles. The Morgan fingerprint density at radius 1 is 1.38 bits per heavy atom. The van der Waals surface area contributed by atoms with E-state index in [4.69, 9.17) is 5.73 Å². The molecule has 2 aliphatic rings. The Morgan fingerprint density at radius 2 is 2.05 bits per heavy atom. The number of thioether (sulfide) groups is 1. The molecule has 21 heavy (non-hydrogen) atoms. The Labute approximate surface area is 127 Å². The van der Waals surface area contributed by atoms with Gasteiger partial charge in [0.15, 0.2) is 0 Å². The number of hydrogen-bond donors (Lipinski definition) is 2. The minimum absolute atomic E-state index is 0.00586. The molecule has 1 saturated carbocycles. The maximum atomic E-state index is 12.2. The third kappa shape index (κ3) is 2.74. The van der Waals surface area contributed by atoms with E-state index in [1.807, 2.05) is 0 Å². The van der Waals surface area contributed by atoms with Crippen LogP contribution in [0.15, 0.2) is 10.6 Å². The van der Waals surface area contributed by atoms with Crippen molar-refractivity contribution < 1.29 is 9.59 Å². The van der Waals surface area contributed by atoms with Gasteiger partial charge in [-0.2, -0.15) is 10.5 Å². The second-order valence-corrected chi connectivity index (χ2v) is 6.32. The van der Waals surface area contributed by atoms with Gasteiger partial charge in [-0.15, -0.1) is 0 Å². The second-order valence-electron chi connectivity index (χ2n) is 5.34. The summed E-state index contributed by atoms with van der Waals surface area (Å²) in [5.74, 6) is -1.75. The Kier molecular flexibility index (Phi) is 4.54. The van der Waals surface area contributed by atoms with Gasteiger partial charge < -0.3 is 11.1 Å². The quantitative estimate of drug-likeness (QED) is 0.810. The lowest BCUT2D eigenvalue weighted by molar-refractivity contribution is -0.126. The number of carbonyl (C=O) groups excluding carboxylic acids is 2. The second kappa shape index (κ2) is 6.19. The van der Waals surface area contributed by atoms with E-state index in [2.05, 4.69) is 17.5 Å². The van der Waals surface area contributed by atoms with Crippen molar-refractivity contribution in [2.24, 2.45) is 17.1 Å². The number of amides is 2. The zero-order valence-corrected chi connectivity index (χ0v) is 12.3. The third-order valence-corrected chi connectivity index (χ3v) is 5.15. The molecule has 1 heterocycles. The highest BCUT2D eigenvalue weighted by Gasteiger charge is 2.51. The number of nitrogens with two attached hydrogens (primary N) is 1. The molecule has 1 fully saturated rings. The number of allylic oxidation sites excluding steroid dienone is 1. The van der Waals surface area contributed by atoms with E-state index in [0.29, 0.717) is 23.4 Å². The number of nitriles is 2. The lowest BCUT2D eigenvalue weighted by Gasteiger charge is -2.43. The first-order valence-corrected chi connectivity index (χ1v) is 7.80. The summed E-state index contributed by atoms with van der Waals surface area (Å²) >= 11 is 1.06. The van der Waals surface area contributed by atoms with Gasteiger partial charge in [-0.3, -0.25) is 9.59 Å². The summed E-state index contributed by atoms with van der Waals surface area (Å²) in [7, 11) is 0. The average Bonchev–Trinajstić information content (AvgIpc) is 2.46. The van der Waals surface area contributed by atoms with Crippen LogP contribution in [-0.4, -0.2) is 17.6 Å². The molecule has 0 radical (unpaired) electrons. The van der Waals surface area contributed by atoms with E-state index in [1.165, 1.54) is 0 Å². The molecule has 1 unspecified atom stereocenters. The van der Waals surface area contributed by atoms with E-state index in [1.54, 1.807) is 0 Å². The predicted molar refractivity (Wildman–Crippen MR) is 77.1 cm³/mol. The van der Waals surface area contributed by atoms with Gasteiger partial charge in [0.05, 0.1) is 28.5 Å². The summed E-state index contributed by atoms with van der Waals surface area (Å²) in [5, 5.41) is 21.9. The van der Waals surface area contributed by atoms with Crippen LogP contribution in [0, 0.1) is 34.0 Å². The monoisotopic (exact) mass is 304 g/mol. The van der Waals surface area contributed by atoms with Crippen molar-refractivity contribution in [1.82, 2.24) is 5.32 Å². The number of nitrogens with zero attached hydrogens (tertiary/aromatic N) is 2. The Bertz CT molecular complexity index is 579. The number of rotatable bonds is 3. The maximum absolute atomic E-state index is 12.2. The largest absolute Gasteiger partial charge is 0.369 e. The van der Waals surface area contributed by atoms with Gasteiger partial charge in [-0.25, -0.2) is 0 Å². The molecule has 3 N–H and O–H groups in total. The van der Waals surface area contributed by atoms with Crippen LogP contribution in [0.5, 0.6) is 0 Å². The van der Waals surface area contributed by atoms with Gasteiger partial charge in [0.25, 0.3) is 0 Å². The molecule has 6 nitrogen and oxygen atoms in total. The number of hydrogen-bond acceptors (Lipinski definition) is 5. The van der Waals surface area contributed by atoms with Crippen molar-refractivity contribution in [2.75, 3.05) is 5.75 Å². The van der Waals surface area contributed by atoms with Gasteiger partial charge in [-0.1, -0.05) is 31.0 Å². The molecule has 2 rings (SSSR count). The van der Waals surface area contributed by atoms with Crippen LogP contribution < -0.4 is 11.1 Å². The molecule has 0 saturated heterocycles. The molecular weight excluding hydrogens is 288 g/mol. The van der Waals surface area contributed by atoms with E-state index >= 15 is 0 Å². The van der Waals surface area contributed by atoms with Gasteiger partial charge in [-0.05, 0) is 12.8 Å². The predicted octanol–water partition coefficient (Wildman–Crippen LogP) is 1.16. The van der Waals surface area contributed by atoms with Crippen molar-refractivity contribution in [3.8, 4) is 12.1 Å². The number of primary amides is 1. The molecule has 0 bridgehead atoms. The first-order chi connectivity index (χ1) is 10.0. The van der Waals surface area contributed by atoms with E-state index < -0.39 is 17.2 Å². The molecule has 1 spiro atoms. The average molecular weight is 304 g/mol. The van der Waals surface area contributed by atoms with Crippen molar-refractivity contribution in [3.05, 3.63) is 10.6 Å². The minimum Gasteiger partial charge on any atom is -0.369 e. The Morgan fingerprint density at radius 3 is 2.57 bits per heavy atom. The zero-order valence-electron chi connectivity index (χ0n) is 11.5. The molecule has 1 atom stereocenters. The first-order valence-electron chi connectivity index (χ1n) is 6.81. The van der Waals surface area contributed by atoms with E-state index in [9.17, 15) is 20.1 Å². The normalized spacial score (nSPS) is 24.1. The topological polar surface area (TPSA) is 120 Å². The highest BCUT2D eigenvalue weighted by molar-refractivity contribution is 8.03. The summed E-state index contributed by atoms with van der Waals surface area (Å²) in [6, 6.07) is 4.23. The van der Waals surface area contributed by atoms with Crippen molar-refractivity contribution >= 4 is 23.6 Å². The van der Waals surface area contributed by atoms with Crippen molar-refractivity contribution in [1.29, 1.82) is 10.5 Å². The molecule has 7 heteroatoms. The first kappa shape index (κ1) is 15.4. The molecular formula is C14H16N4O2S. The van der Waals surface area contributed by atoms with Crippen LogP contribution in [0.3, 0.4) is 0 Å². The fraction of sp³-hybridized carbons (Fsp3) is 0.571. The van der Waals surface area contributed by atoms with E-state index in [-0.39, 0.29) is 11.7 Å². The van der Waals surface area contributed by atoms with Gasteiger partial charge in [0, 0.05) is 5.41 Å². The summed E-state index contributed by atoms with van der Waals surface area (Å²) in [4.78, 5) is 23.1. The highest BCUT2D eigenvalue weighted by atomic mass is 32.2. The van der Waals surface area contributed by atoms with Crippen LogP contribution >= 0.6 is 11.8 Å². The molecule has 0 aromatic heterocycles. The maximum Gasteiger partial charge on any atom is 0.243 e. The van der Waals surface area contributed by atoms with Crippen molar-refractivity contribution in [3.63, 3.8) is 0 Å². The Hall–Kier alpha value is -1.99. The number of nitrogens with one attached hydrogen (secondary N) is 1. The third-order valence-electron chi connectivity index (χ3n) is 4.12. The minimum atomic E-state index is -0.842. The fourth-order valence-electron chi connectivity index (χ4n) is 3.19. The molecule has 2 amide bonds. The molecule has 1 aliphatic heterocycles. The van der Waals surface area contributed by atoms with Crippen molar-refractivity contribution in [2.45, 2.75) is 32.1 Å². The molecule has 110 valence electrons. The van der Waals surface area contributed by atoms with Crippen LogP contribution in [0.4, 0.5) is 0 Å². The smallest absolute Gasteiger partial charge is 0.243 e. The molecule has 1 aliphatic carbocycles. The van der Waals surface area contributed by atoms with E-state index in [0.717, 1.165) is 31.0 Å². The zero-order chi connectivity index (χ0) is 15.5. The van der Waals surface area contributed by atoms with Gasteiger partial charge >= 0.3 is 0 Å².